The second kappa shape index (κ2) is 7.28. The van der Waals surface area contributed by atoms with E-state index in [1.807, 2.05) is 23.1 Å². The van der Waals surface area contributed by atoms with Gasteiger partial charge in [0.2, 0.25) is 5.91 Å². The van der Waals surface area contributed by atoms with Crippen LogP contribution in [0.2, 0.25) is 0 Å². The summed E-state index contributed by atoms with van der Waals surface area (Å²) in [6, 6.07) is 10.8. The molecule has 5 rings (SSSR count). The molecule has 1 aromatic carbocycles. The first kappa shape index (κ1) is 19.9. The van der Waals surface area contributed by atoms with Gasteiger partial charge in [-0.15, -0.1) is 11.3 Å². The summed E-state index contributed by atoms with van der Waals surface area (Å²) >= 11 is 1.25. The standard InChI is InChI=1S/C22H24N2O4S2/c25-19-14-18(16-4-1-2-5-17(16)19)21(26)23-10-7-22(15-23)8-11-24(12-9-22)30(27,28)20-6-3-13-29-20/h1-6,13,18H,7-12,14-15H2. The zero-order chi connectivity index (χ0) is 20.9. The number of rotatable bonds is 3. The van der Waals surface area contributed by atoms with Crippen LogP contribution in [-0.4, -0.2) is 55.5 Å². The number of carbonyl (C=O) groups excluding carboxylic acids is 2. The van der Waals surface area contributed by atoms with Gasteiger partial charge in [0, 0.05) is 38.2 Å². The van der Waals surface area contributed by atoms with Gasteiger partial charge in [0.15, 0.2) is 5.78 Å². The van der Waals surface area contributed by atoms with E-state index in [2.05, 4.69) is 0 Å². The summed E-state index contributed by atoms with van der Waals surface area (Å²) in [7, 11) is -3.41. The lowest BCUT2D eigenvalue weighted by molar-refractivity contribution is -0.132. The Morgan fingerprint density at radius 3 is 2.50 bits per heavy atom. The van der Waals surface area contributed by atoms with Crippen LogP contribution in [0.25, 0.3) is 0 Å². The van der Waals surface area contributed by atoms with Crippen molar-refractivity contribution in [3.8, 4) is 0 Å². The van der Waals surface area contributed by atoms with Crippen LogP contribution in [0.1, 0.15) is 47.5 Å². The van der Waals surface area contributed by atoms with Gasteiger partial charge >= 0.3 is 0 Å². The van der Waals surface area contributed by atoms with Crippen LogP contribution < -0.4 is 0 Å². The Balaban J connectivity index is 1.26. The van der Waals surface area contributed by atoms with Gasteiger partial charge in [0.05, 0.1) is 5.92 Å². The Morgan fingerprint density at radius 2 is 1.77 bits per heavy atom. The minimum Gasteiger partial charge on any atom is -0.342 e. The van der Waals surface area contributed by atoms with Crippen LogP contribution in [0.4, 0.5) is 0 Å². The summed E-state index contributed by atoms with van der Waals surface area (Å²) in [6.45, 7) is 2.33. The lowest BCUT2D eigenvalue weighted by Crippen LogP contribution is -2.44. The molecule has 2 saturated heterocycles. The van der Waals surface area contributed by atoms with Gasteiger partial charge in [-0.1, -0.05) is 30.3 Å². The Hall–Kier alpha value is -2.03. The maximum atomic E-state index is 13.2. The number of ketones is 1. The van der Waals surface area contributed by atoms with Crippen molar-refractivity contribution in [3.05, 3.63) is 52.9 Å². The molecule has 0 bridgehead atoms. The number of hydrogen-bond donors (Lipinski definition) is 0. The van der Waals surface area contributed by atoms with Crippen molar-refractivity contribution in [3.63, 3.8) is 0 Å². The maximum Gasteiger partial charge on any atom is 0.252 e. The van der Waals surface area contributed by atoms with Crippen molar-refractivity contribution in [1.29, 1.82) is 0 Å². The molecule has 1 amide bonds. The molecule has 1 atom stereocenters. The molecule has 1 aromatic heterocycles. The van der Waals surface area contributed by atoms with E-state index < -0.39 is 10.0 Å². The second-order valence-corrected chi connectivity index (χ2v) is 11.7. The van der Waals surface area contributed by atoms with Gasteiger partial charge in [-0.3, -0.25) is 9.59 Å². The van der Waals surface area contributed by atoms with Crippen LogP contribution >= 0.6 is 11.3 Å². The first-order valence-electron chi connectivity index (χ1n) is 10.3. The molecule has 0 N–H and O–H groups in total. The molecule has 3 aliphatic rings. The minimum atomic E-state index is -3.41. The molecule has 1 aliphatic carbocycles. The Morgan fingerprint density at radius 1 is 1.03 bits per heavy atom. The van der Waals surface area contributed by atoms with Crippen molar-refractivity contribution in [2.75, 3.05) is 26.2 Å². The third-order valence-corrected chi connectivity index (χ3v) is 10.2. The van der Waals surface area contributed by atoms with Crippen LogP contribution in [0.5, 0.6) is 0 Å². The van der Waals surface area contributed by atoms with Crippen LogP contribution in [-0.2, 0) is 14.8 Å². The fraction of sp³-hybridized carbons (Fsp3) is 0.455. The summed E-state index contributed by atoms with van der Waals surface area (Å²) in [4.78, 5) is 27.4. The summed E-state index contributed by atoms with van der Waals surface area (Å²) in [5.74, 6) is -0.285. The van der Waals surface area contributed by atoms with Gasteiger partial charge in [-0.25, -0.2) is 8.42 Å². The number of carbonyl (C=O) groups is 2. The highest BCUT2D eigenvalue weighted by Gasteiger charge is 2.46. The average Bonchev–Trinajstić information content (AvgIpc) is 3.49. The fourth-order valence-electron chi connectivity index (χ4n) is 5.17. The maximum absolute atomic E-state index is 13.2. The molecule has 1 unspecified atom stereocenters. The summed E-state index contributed by atoms with van der Waals surface area (Å²) < 4.78 is 27.5. The second-order valence-electron chi connectivity index (χ2n) is 8.61. The third kappa shape index (κ3) is 3.21. The lowest BCUT2D eigenvalue weighted by Gasteiger charge is -2.38. The third-order valence-electron chi connectivity index (χ3n) is 6.95. The molecule has 30 heavy (non-hydrogen) atoms. The van der Waals surface area contributed by atoms with Gasteiger partial charge < -0.3 is 4.90 Å². The topological polar surface area (TPSA) is 74.8 Å². The SMILES string of the molecule is O=C1CC(C(=O)N2CCC3(CCN(S(=O)(=O)c4cccs4)CC3)C2)c2ccccc21. The van der Waals surface area contributed by atoms with Gasteiger partial charge in [0.1, 0.15) is 4.21 Å². The summed E-state index contributed by atoms with van der Waals surface area (Å²) in [5.41, 5.74) is 1.52. The number of piperidine rings is 1. The van der Waals surface area contributed by atoms with E-state index in [1.165, 1.54) is 11.3 Å². The van der Waals surface area contributed by atoms with Crippen molar-refractivity contribution in [1.82, 2.24) is 9.21 Å². The molecule has 2 fully saturated rings. The van der Waals surface area contributed by atoms with Crippen LogP contribution in [0.15, 0.2) is 46.0 Å². The minimum absolute atomic E-state index is 0.0146. The molecule has 3 heterocycles. The summed E-state index contributed by atoms with van der Waals surface area (Å²) in [6.07, 6.45) is 2.69. The van der Waals surface area contributed by atoms with E-state index in [9.17, 15) is 18.0 Å². The highest BCUT2D eigenvalue weighted by atomic mass is 32.2. The van der Waals surface area contributed by atoms with E-state index in [0.29, 0.717) is 36.0 Å². The highest BCUT2D eigenvalue weighted by Crippen LogP contribution is 2.43. The van der Waals surface area contributed by atoms with E-state index in [-0.39, 0.29) is 29.4 Å². The van der Waals surface area contributed by atoms with Crippen LogP contribution in [0, 0.1) is 5.41 Å². The van der Waals surface area contributed by atoms with E-state index in [1.54, 1.807) is 27.9 Å². The van der Waals surface area contributed by atoms with E-state index in [0.717, 1.165) is 24.8 Å². The predicted molar refractivity (Wildman–Crippen MR) is 114 cm³/mol. The van der Waals surface area contributed by atoms with Crippen molar-refractivity contribution >= 4 is 33.1 Å². The number of likely N-dealkylation sites (tertiary alicyclic amines) is 1. The normalized spacial score (nSPS) is 23.8. The molecule has 2 aliphatic heterocycles. The van der Waals surface area contributed by atoms with Gasteiger partial charge in [0.25, 0.3) is 10.0 Å². The number of amides is 1. The summed E-state index contributed by atoms with van der Waals surface area (Å²) in [5, 5.41) is 1.78. The van der Waals surface area contributed by atoms with Crippen molar-refractivity contribution < 1.29 is 18.0 Å². The Bertz CT molecular complexity index is 1090. The van der Waals surface area contributed by atoms with E-state index >= 15 is 0 Å². The molecule has 158 valence electrons. The van der Waals surface area contributed by atoms with Gasteiger partial charge in [-0.05, 0) is 41.7 Å². The number of sulfonamides is 1. The van der Waals surface area contributed by atoms with Gasteiger partial charge in [-0.2, -0.15) is 4.31 Å². The number of fused-ring (bicyclic) bond motifs is 1. The highest BCUT2D eigenvalue weighted by molar-refractivity contribution is 7.91. The van der Waals surface area contributed by atoms with Crippen molar-refractivity contribution in [2.24, 2.45) is 5.41 Å². The first-order valence-corrected chi connectivity index (χ1v) is 12.7. The average molecular weight is 445 g/mol. The molecule has 0 saturated carbocycles. The first-order chi connectivity index (χ1) is 14.4. The molecule has 1 spiro atoms. The molecular formula is C22H24N2O4S2. The number of benzene rings is 1. The smallest absolute Gasteiger partial charge is 0.252 e. The fourth-order valence-corrected chi connectivity index (χ4v) is 7.76. The monoisotopic (exact) mass is 444 g/mol. The Kier molecular flexibility index (Phi) is 4.83. The molecule has 6 nitrogen and oxygen atoms in total. The predicted octanol–water partition coefficient (Wildman–Crippen LogP) is 3.12. The number of Topliss-reactive ketones (excluding diaryl/α,β-unsaturated/α-hetero) is 1. The zero-order valence-electron chi connectivity index (χ0n) is 16.6. The van der Waals surface area contributed by atoms with Crippen LogP contribution in [0.3, 0.4) is 0 Å². The number of thiophene rings is 1. The molecule has 8 heteroatoms. The molecular weight excluding hydrogens is 420 g/mol. The van der Waals surface area contributed by atoms with E-state index in [4.69, 9.17) is 0 Å². The number of hydrogen-bond acceptors (Lipinski definition) is 5. The molecule has 0 radical (unpaired) electrons. The lowest BCUT2D eigenvalue weighted by atomic mass is 9.78. The van der Waals surface area contributed by atoms with Crippen molar-refractivity contribution in [2.45, 2.75) is 35.8 Å². The molecule has 2 aromatic rings. The largest absolute Gasteiger partial charge is 0.342 e. The quantitative estimate of drug-likeness (QED) is 0.729. The number of nitrogens with zero attached hydrogens (tertiary/aromatic N) is 2. The Labute approximate surface area is 180 Å². The zero-order valence-corrected chi connectivity index (χ0v) is 18.3.